The molecule has 88 valence electrons. The van der Waals surface area contributed by atoms with Gasteiger partial charge in [0.05, 0.1) is 5.69 Å². The molecule has 0 saturated carbocycles. The Labute approximate surface area is 98.1 Å². The first-order valence-electron chi connectivity index (χ1n) is 5.57. The van der Waals surface area contributed by atoms with E-state index in [1.165, 1.54) is 0 Å². The van der Waals surface area contributed by atoms with Crippen LogP contribution in [0.25, 0.3) is 0 Å². The molecule has 0 unspecified atom stereocenters. The summed E-state index contributed by atoms with van der Waals surface area (Å²) in [5.74, 6) is 0. The van der Waals surface area contributed by atoms with Crippen LogP contribution in [0.5, 0.6) is 0 Å². The summed E-state index contributed by atoms with van der Waals surface area (Å²) in [5.41, 5.74) is 2.69. The molecule has 0 radical (unpaired) electrons. The smallest absolute Gasteiger partial charge is 0.142 e. The zero-order valence-electron chi connectivity index (χ0n) is 11.3. The van der Waals surface area contributed by atoms with E-state index in [1.54, 1.807) is 4.68 Å². The molecular formula is C13H21N3. The summed E-state index contributed by atoms with van der Waals surface area (Å²) in [6.07, 6.45) is 0. The van der Waals surface area contributed by atoms with Crippen molar-refractivity contribution in [2.75, 3.05) is 0 Å². The molecule has 1 rings (SSSR count). The molecule has 1 aromatic heterocycles. The molecule has 0 aromatic carbocycles. The van der Waals surface area contributed by atoms with Crippen LogP contribution >= 0.6 is 0 Å². The van der Waals surface area contributed by atoms with Gasteiger partial charge in [0, 0.05) is 18.0 Å². The van der Waals surface area contributed by atoms with E-state index in [9.17, 15) is 5.26 Å². The minimum absolute atomic E-state index is 0.0323. The van der Waals surface area contributed by atoms with Crippen LogP contribution in [-0.2, 0) is 17.9 Å². The molecule has 3 heteroatoms. The van der Waals surface area contributed by atoms with E-state index >= 15 is 0 Å². The maximum Gasteiger partial charge on any atom is 0.142 e. The monoisotopic (exact) mass is 219 g/mol. The van der Waals surface area contributed by atoms with Crippen molar-refractivity contribution >= 4 is 0 Å². The SMILES string of the molecule is Cn1nc(C(C)(C)C)c(C(C)(C)C)c1C#N. The van der Waals surface area contributed by atoms with Crippen molar-refractivity contribution in [2.45, 2.75) is 52.4 Å². The lowest BCUT2D eigenvalue weighted by atomic mass is 9.78. The summed E-state index contributed by atoms with van der Waals surface area (Å²) in [5, 5.41) is 13.7. The van der Waals surface area contributed by atoms with Gasteiger partial charge >= 0.3 is 0 Å². The molecule has 0 amide bonds. The van der Waals surface area contributed by atoms with Gasteiger partial charge < -0.3 is 0 Å². The summed E-state index contributed by atoms with van der Waals surface area (Å²) in [7, 11) is 1.84. The van der Waals surface area contributed by atoms with Gasteiger partial charge in [0.15, 0.2) is 0 Å². The maximum atomic E-state index is 9.23. The number of nitriles is 1. The molecule has 0 bridgehead atoms. The summed E-state index contributed by atoms with van der Waals surface area (Å²) in [6, 6.07) is 2.26. The highest BCUT2D eigenvalue weighted by Gasteiger charge is 2.32. The van der Waals surface area contributed by atoms with Crippen LogP contribution in [0.2, 0.25) is 0 Å². The summed E-state index contributed by atoms with van der Waals surface area (Å²) >= 11 is 0. The lowest BCUT2D eigenvalue weighted by Crippen LogP contribution is -2.21. The molecule has 0 fully saturated rings. The van der Waals surface area contributed by atoms with Crippen molar-refractivity contribution in [3.8, 4) is 6.07 Å². The van der Waals surface area contributed by atoms with E-state index < -0.39 is 0 Å². The highest BCUT2D eigenvalue weighted by atomic mass is 15.3. The van der Waals surface area contributed by atoms with Crippen LogP contribution in [0.4, 0.5) is 0 Å². The predicted octanol–water partition coefficient (Wildman–Crippen LogP) is 2.89. The molecule has 1 aromatic rings. The fraction of sp³-hybridized carbons (Fsp3) is 0.692. The van der Waals surface area contributed by atoms with Crippen LogP contribution in [0.1, 0.15) is 58.5 Å². The standard InChI is InChI=1S/C13H21N3/c1-12(2,3)10-9(8-14)16(7)15-11(10)13(4,5)6/h1-7H3. The Morgan fingerprint density at radius 1 is 1.06 bits per heavy atom. The number of hydrogen-bond acceptors (Lipinski definition) is 2. The van der Waals surface area contributed by atoms with Crippen LogP contribution in [0.3, 0.4) is 0 Å². The molecule has 0 spiro atoms. The van der Waals surface area contributed by atoms with Crippen LogP contribution < -0.4 is 0 Å². The van der Waals surface area contributed by atoms with Gasteiger partial charge in [-0.25, -0.2) is 0 Å². The zero-order valence-corrected chi connectivity index (χ0v) is 11.3. The molecule has 0 N–H and O–H groups in total. The highest BCUT2D eigenvalue weighted by Crippen LogP contribution is 2.35. The molecule has 0 aliphatic heterocycles. The van der Waals surface area contributed by atoms with Gasteiger partial charge in [-0.3, -0.25) is 4.68 Å². The molecule has 16 heavy (non-hydrogen) atoms. The first-order valence-corrected chi connectivity index (χ1v) is 5.57. The molecule has 1 heterocycles. The topological polar surface area (TPSA) is 41.6 Å². The molecule has 3 nitrogen and oxygen atoms in total. The lowest BCUT2D eigenvalue weighted by molar-refractivity contribution is 0.516. The number of aryl methyl sites for hydroxylation is 1. The predicted molar refractivity (Wildman–Crippen MR) is 65.3 cm³/mol. The largest absolute Gasteiger partial charge is 0.257 e. The average molecular weight is 219 g/mol. The fourth-order valence-corrected chi connectivity index (χ4v) is 1.89. The Morgan fingerprint density at radius 2 is 1.56 bits per heavy atom. The second kappa shape index (κ2) is 3.62. The highest BCUT2D eigenvalue weighted by molar-refractivity contribution is 5.43. The van der Waals surface area contributed by atoms with E-state index in [0.29, 0.717) is 5.69 Å². The van der Waals surface area contributed by atoms with Gasteiger partial charge in [0.1, 0.15) is 11.8 Å². The third kappa shape index (κ3) is 2.11. The third-order valence-corrected chi connectivity index (χ3v) is 2.61. The first kappa shape index (κ1) is 12.8. The van der Waals surface area contributed by atoms with Crippen molar-refractivity contribution in [2.24, 2.45) is 7.05 Å². The van der Waals surface area contributed by atoms with Crippen LogP contribution in [-0.4, -0.2) is 9.78 Å². The molecule has 0 aliphatic rings. The van der Waals surface area contributed by atoms with Gasteiger partial charge in [-0.1, -0.05) is 41.5 Å². The number of aromatic nitrogens is 2. The summed E-state index contributed by atoms with van der Waals surface area (Å²) in [4.78, 5) is 0. The van der Waals surface area contributed by atoms with Gasteiger partial charge in [0.2, 0.25) is 0 Å². The van der Waals surface area contributed by atoms with E-state index in [4.69, 9.17) is 0 Å². The Bertz CT molecular complexity index is 433. The van der Waals surface area contributed by atoms with Gasteiger partial charge in [-0.05, 0) is 5.41 Å². The van der Waals surface area contributed by atoms with Crippen molar-refractivity contribution in [1.82, 2.24) is 9.78 Å². The van der Waals surface area contributed by atoms with Gasteiger partial charge in [0.25, 0.3) is 0 Å². The number of hydrogen-bond donors (Lipinski definition) is 0. The maximum absolute atomic E-state index is 9.23. The van der Waals surface area contributed by atoms with Gasteiger partial charge in [-0.2, -0.15) is 10.4 Å². The fourth-order valence-electron chi connectivity index (χ4n) is 1.89. The number of nitrogens with zero attached hydrogens (tertiary/aromatic N) is 3. The van der Waals surface area contributed by atoms with E-state index in [1.807, 2.05) is 7.05 Å². The lowest BCUT2D eigenvalue weighted by Gasteiger charge is -2.25. The van der Waals surface area contributed by atoms with Crippen molar-refractivity contribution in [3.63, 3.8) is 0 Å². The first-order chi connectivity index (χ1) is 7.09. The Hall–Kier alpha value is -1.30. The molecule has 0 aliphatic carbocycles. The quantitative estimate of drug-likeness (QED) is 0.673. The average Bonchev–Trinajstić information content (AvgIpc) is 2.40. The summed E-state index contributed by atoms with van der Waals surface area (Å²) in [6.45, 7) is 12.8. The van der Waals surface area contributed by atoms with E-state index in [2.05, 4.69) is 52.7 Å². The van der Waals surface area contributed by atoms with E-state index in [0.717, 1.165) is 11.3 Å². The molecular weight excluding hydrogens is 198 g/mol. The second-order valence-electron chi connectivity index (χ2n) is 6.31. The van der Waals surface area contributed by atoms with E-state index in [-0.39, 0.29) is 10.8 Å². The zero-order chi connectivity index (χ0) is 12.7. The van der Waals surface area contributed by atoms with Gasteiger partial charge in [-0.15, -0.1) is 0 Å². The van der Waals surface area contributed by atoms with Crippen molar-refractivity contribution < 1.29 is 0 Å². The number of rotatable bonds is 0. The van der Waals surface area contributed by atoms with Crippen LogP contribution in [0.15, 0.2) is 0 Å². The van der Waals surface area contributed by atoms with Crippen molar-refractivity contribution in [1.29, 1.82) is 5.26 Å². The third-order valence-electron chi connectivity index (χ3n) is 2.61. The van der Waals surface area contributed by atoms with Crippen LogP contribution in [0, 0.1) is 11.3 Å². The molecule has 0 saturated heterocycles. The minimum atomic E-state index is -0.0536. The summed E-state index contributed by atoms with van der Waals surface area (Å²) < 4.78 is 1.70. The molecule has 0 atom stereocenters. The Kier molecular flexibility index (Phi) is 2.89. The Balaban J connectivity index is 3.61. The second-order valence-corrected chi connectivity index (χ2v) is 6.31. The van der Waals surface area contributed by atoms with Crippen molar-refractivity contribution in [3.05, 3.63) is 17.0 Å². The Morgan fingerprint density at radius 3 is 1.88 bits per heavy atom. The minimum Gasteiger partial charge on any atom is -0.257 e. The normalized spacial score (nSPS) is 12.6.